The molecule has 2 aromatic rings. The predicted molar refractivity (Wildman–Crippen MR) is 126 cm³/mol. The molecule has 1 fully saturated rings. The van der Waals surface area contributed by atoms with Gasteiger partial charge in [-0.2, -0.15) is 13.2 Å². The SMILES string of the molecule is Cc1cc(C(=O)N2CCC(C=NCC(=O)N(C)C)CC2Cc2ccccc2)cc(C(F)(F)F)c1. The Morgan fingerprint density at radius 2 is 1.85 bits per heavy atom. The Labute approximate surface area is 198 Å². The number of piperidine rings is 1. The zero-order valence-corrected chi connectivity index (χ0v) is 19.7. The first-order valence-electron chi connectivity index (χ1n) is 11.3. The van der Waals surface area contributed by atoms with Crippen LogP contribution in [-0.4, -0.2) is 61.1 Å². The summed E-state index contributed by atoms with van der Waals surface area (Å²) in [5.74, 6) is -0.408. The van der Waals surface area contributed by atoms with E-state index >= 15 is 0 Å². The van der Waals surface area contributed by atoms with E-state index in [1.54, 1.807) is 32.1 Å². The van der Waals surface area contributed by atoms with Gasteiger partial charge in [0.25, 0.3) is 5.91 Å². The van der Waals surface area contributed by atoms with Crippen molar-refractivity contribution in [3.63, 3.8) is 0 Å². The molecule has 2 amide bonds. The van der Waals surface area contributed by atoms with Crippen LogP contribution in [0.25, 0.3) is 0 Å². The highest BCUT2D eigenvalue weighted by atomic mass is 19.4. The third kappa shape index (κ3) is 6.68. The number of alkyl halides is 3. The molecule has 0 saturated carbocycles. The van der Waals surface area contributed by atoms with Crippen LogP contribution in [0.5, 0.6) is 0 Å². The molecule has 0 aromatic heterocycles. The number of halogens is 3. The number of hydrogen-bond donors (Lipinski definition) is 0. The third-order valence-electron chi connectivity index (χ3n) is 6.02. The van der Waals surface area contributed by atoms with E-state index in [4.69, 9.17) is 0 Å². The second-order valence-corrected chi connectivity index (χ2v) is 8.99. The molecule has 0 radical (unpaired) electrons. The fraction of sp³-hybridized carbons (Fsp3) is 0.423. The van der Waals surface area contributed by atoms with Crippen molar-refractivity contribution < 1.29 is 22.8 Å². The van der Waals surface area contributed by atoms with Crippen LogP contribution in [0, 0.1) is 12.8 Å². The molecule has 182 valence electrons. The minimum atomic E-state index is -4.52. The molecule has 2 aromatic carbocycles. The number of benzene rings is 2. The molecule has 0 bridgehead atoms. The Balaban J connectivity index is 1.82. The molecule has 5 nitrogen and oxygen atoms in total. The Morgan fingerprint density at radius 1 is 1.15 bits per heavy atom. The highest BCUT2D eigenvalue weighted by Crippen LogP contribution is 2.32. The fourth-order valence-electron chi connectivity index (χ4n) is 4.22. The summed E-state index contributed by atoms with van der Waals surface area (Å²) in [7, 11) is 3.35. The molecule has 0 spiro atoms. The zero-order valence-electron chi connectivity index (χ0n) is 19.7. The lowest BCUT2D eigenvalue weighted by atomic mass is 9.87. The van der Waals surface area contributed by atoms with Gasteiger partial charge in [0.05, 0.1) is 5.56 Å². The van der Waals surface area contributed by atoms with E-state index in [9.17, 15) is 22.8 Å². The lowest BCUT2D eigenvalue weighted by Gasteiger charge is -2.39. The number of carbonyl (C=O) groups is 2. The number of rotatable bonds is 6. The smallest absolute Gasteiger partial charge is 0.347 e. The van der Waals surface area contributed by atoms with Crippen molar-refractivity contribution in [2.75, 3.05) is 27.2 Å². The normalized spacial score (nSPS) is 18.8. The Kier molecular flexibility index (Phi) is 8.12. The number of amides is 2. The first-order chi connectivity index (χ1) is 16.0. The number of hydrogen-bond acceptors (Lipinski definition) is 3. The number of aliphatic imine (C=N–C) groups is 1. The third-order valence-corrected chi connectivity index (χ3v) is 6.02. The van der Waals surface area contributed by atoms with Crippen LogP contribution in [0.4, 0.5) is 13.2 Å². The van der Waals surface area contributed by atoms with E-state index in [2.05, 4.69) is 4.99 Å². The molecule has 2 unspecified atom stereocenters. The first kappa shape index (κ1) is 25.5. The second-order valence-electron chi connectivity index (χ2n) is 8.99. The maximum absolute atomic E-state index is 13.4. The first-order valence-corrected chi connectivity index (χ1v) is 11.3. The molecule has 8 heteroatoms. The number of likely N-dealkylation sites (N-methyl/N-ethyl adjacent to an activating group) is 1. The monoisotopic (exact) mass is 473 g/mol. The summed E-state index contributed by atoms with van der Waals surface area (Å²) in [6, 6.07) is 13.0. The van der Waals surface area contributed by atoms with E-state index in [0.29, 0.717) is 31.4 Å². The molecule has 34 heavy (non-hydrogen) atoms. The van der Waals surface area contributed by atoms with Gasteiger partial charge >= 0.3 is 6.18 Å². The summed E-state index contributed by atoms with van der Waals surface area (Å²) in [5.41, 5.74) is 0.674. The van der Waals surface area contributed by atoms with Crippen molar-refractivity contribution in [2.24, 2.45) is 10.9 Å². The van der Waals surface area contributed by atoms with Gasteiger partial charge in [-0.05, 0) is 61.4 Å². The number of carbonyl (C=O) groups excluding carboxylic acids is 2. The van der Waals surface area contributed by atoms with Crippen LogP contribution in [-0.2, 0) is 17.4 Å². The summed E-state index contributed by atoms with van der Waals surface area (Å²) < 4.78 is 40.0. The number of likely N-dealkylation sites (tertiary alicyclic amines) is 1. The topological polar surface area (TPSA) is 53.0 Å². The van der Waals surface area contributed by atoms with E-state index in [1.165, 1.54) is 11.0 Å². The van der Waals surface area contributed by atoms with Gasteiger partial charge in [-0.15, -0.1) is 0 Å². The van der Waals surface area contributed by atoms with Crippen LogP contribution in [0.15, 0.2) is 53.5 Å². The van der Waals surface area contributed by atoms with Crippen LogP contribution < -0.4 is 0 Å². The van der Waals surface area contributed by atoms with Crippen LogP contribution in [0.2, 0.25) is 0 Å². The average Bonchev–Trinajstić information content (AvgIpc) is 2.78. The van der Waals surface area contributed by atoms with Crippen molar-refractivity contribution in [3.8, 4) is 0 Å². The largest absolute Gasteiger partial charge is 0.416 e. The lowest BCUT2D eigenvalue weighted by molar-refractivity contribution is -0.137. The summed E-state index contributed by atoms with van der Waals surface area (Å²) in [6.07, 6.45) is -0.883. The second kappa shape index (κ2) is 10.8. The molecule has 1 aliphatic rings. The predicted octanol–water partition coefficient (Wildman–Crippen LogP) is 4.64. The average molecular weight is 474 g/mol. The van der Waals surface area contributed by atoms with Crippen molar-refractivity contribution in [3.05, 3.63) is 70.8 Å². The van der Waals surface area contributed by atoms with Crippen LogP contribution in [0.1, 0.15) is 39.9 Å². The van der Waals surface area contributed by atoms with Gasteiger partial charge in [-0.3, -0.25) is 14.6 Å². The summed E-state index contributed by atoms with van der Waals surface area (Å²) >= 11 is 0. The van der Waals surface area contributed by atoms with E-state index in [0.717, 1.165) is 17.7 Å². The Bertz CT molecular complexity index is 1040. The van der Waals surface area contributed by atoms with Gasteiger partial charge in [0.1, 0.15) is 6.54 Å². The highest BCUT2D eigenvalue weighted by molar-refractivity contribution is 5.95. The molecular weight excluding hydrogens is 443 g/mol. The summed E-state index contributed by atoms with van der Waals surface area (Å²) in [6.45, 7) is 2.04. The maximum Gasteiger partial charge on any atom is 0.416 e. The van der Waals surface area contributed by atoms with Gasteiger partial charge in [0.2, 0.25) is 5.91 Å². The minimum absolute atomic E-state index is 0.0501. The van der Waals surface area contributed by atoms with Gasteiger partial charge in [0.15, 0.2) is 0 Å². The number of aryl methyl sites for hydroxylation is 1. The van der Waals surface area contributed by atoms with Gasteiger partial charge in [-0.1, -0.05) is 30.3 Å². The standard InChI is InChI=1S/C26H30F3N3O2/c1-18-11-21(15-22(12-18)26(27,28)29)25(34)32-10-9-20(16-30-17-24(33)31(2)3)14-23(32)13-19-7-5-4-6-8-19/h4-8,11-12,15-16,20,23H,9-10,13-14,17H2,1-3H3. The Morgan fingerprint density at radius 3 is 2.50 bits per heavy atom. The van der Waals surface area contributed by atoms with E-state index < -0.39 is 17.6 Å². The molecule has 0 aliphatic carbocycles. The summed E-state index contributed by atoms with van der Waals surface area (Å²) in [4.78, 5) is 32.6. The van der Waals surface area contributed by atoms with Crippen LogP contribution in [0.3, 0.4) is 0 Å². The molecule has 1 heterocycles. The molecule has 0 N–H and O–H groups in total. The van der Waals surface area contributed by atoms with Crippen LogP contribution >= 0.6 is 0 Å². The highest BCUT2D eigenvalue weighted by Gasteiger charge is 2.35. The molecule has 1 aliphatic heterocycles. The minimum Gasteiger partial charge on any atom is -0.347 e. The van der Waals surface area contributed by atoms with E-state index in [1.807, 2.05) is 30.3 Å². The molecule has 2 atom stereocenters. The van der Waals surface area contributed by atoms with Crippen molar-refractivity contribution >= 4 is 18.0 Å². The molecule has 1 saturated heterocycles. The van der Waals surface area contributed by atoms with E-state index in [-0.39, 0.29) is 30.0 Å². The molecular formula is C26H30F3N3O2. The quantitative estimate of drug-likeness (QED) is 0.574. The van der Waals surface area contributed by atoms with Gasteiger partial charge in [-0.25, -0.2) is 0 Å². The molecule has 3 rings (SSSR count). The van der Waals surface area contributed by atoms with Gasteiger partial charge < -0.3 is 9.80 Å². The van der Waals surface area contributed by atoms with Crippen molar-refractivity contribution in [2.45, 2.75) is 38.4 Å². The van der Waals surface area contributed by atoms with Crippen molar-refractivity contribution in [1.82, 2.24) is 9.80 Å². The summed E-state index contributed by atoms with van der Waals surface area (Å²) in [5, 5.41) is 0. The zero-order chi connectivity index (χ0) is 24.9. The fourth-order valence-corrected chi connectivity index (χ4v) is 4.22. The van der Waals surface area contributed by atoms with Gasteiger partial charge in [0, 0.05) is 38.5 Å². The lowest BCUT2D eigenvalue weighted by Crippen LogP contribution is -2.47. The number of nitrogens with zero attached hydrogens (tertiary/aromatic N) is 3. The maximum atomic E-state index is 13.4. The van der Waals surface area contributed by atoms with Crippen molar-refractivity contribution in [1.29, 1.82) is 0 Å². The Hall–Kier alpha value is -3.16.